The molecule has 1 atom stereocenters. The van der Waals surface area contributed by atoms with Crippen LogP contribution in [0.2, 0.25) is 0 Å². The molecule has 0 saturated carbocycles. The van der Waals surface area contributed by atoms with Crippen LogP contribution in [0.25, 0.3) is 0 Å². The highest BCUT2D eigenvalue weighted by Gasteiger charge is 2.13. The summed E-state index contributed by atoms with van der Waals surface area (Å²) in [6.45, 7) is 0.207. The molecule has 0 saturated heterocycles. The van der Waals surface area contributed by atoms with Crippen molar-refractivity contribution in [2.45, 2.75) is 17.5 Å². The lowest BCUT2D eigenvalue weighted by atomic mass is 10.2. The van der Waals surface area contributed by atoms with Crippen molar-refractivity contribution in [2.24, 2.45) is 5.73 Å². The van der Waals surface area contributed by atoms with Gasteiger partial charge in [-0.2, -0.15) is 11.8 Å². The smallest absolute Gasteiger partial charge is 0.243 e. The Balaban J connectivity index is 0.00000288. The Morgan fingerprint density at radius 1 is 1.12 bits per heavy atom. The van der Waals surface area contributed by atoms with Gasteiger partial charge in [-0.15, -0.1) is 12.4 Å². The van der Waals surface area contributed by atoms with Gasteiger partial charge in [0.25, 0.3) is 0 Å². The summed E-state index contributed by atoms with van der Waals surface area (Å²) in [5.41, 5.74) is 8.96. The minimum Gasteiger partial charge on any atom is -0.383 e. The standard InChI is InChI=1S/C18H22N2O2S.ClH/c1-22-11-17(19)18(21)20-16-9-5-8-15(10-16)13-23-12-14-6-3-2-4-7-14;/h2-10,17H,11-13,19H2,1H3,(H,20,21);1H. The van der Waals surface area contributed by atoms with Crippen LogP contribution in [0.4, 0.5) is 5.69 Å². The lowest BCUT2D eigenvalue weighted by Gasteiger charge is -2.12. The third-order valence-corrected chi connectivity index (χ3v) is 4.33. The van der Waals surface area contributed by atoms with E-state index in [1.54, 1.807) is 0 Å². The third-order valence-electron chi connectivity index (χ3n) is 3.26. The first-order valence-electron chi connectivity index (χ1n) is 7.45. The van der Waals surface area contributed by atoms with Crippen molar-refractivity contribution in [3.8, 4) is 0 Å². The number of ether oxygens (including phenoxy) is 1. The second-order valence-electron chi connectivity index (χ2n) is 5.23. The van der Waals surface area contributed by atoms with Crippen LogP contribution in [-0.4, -0.2) is 25.7 Å². The number of benzene rings is 2. The highest BCUT2D eigenvalue weighted by Crippen LogP contribution is 2.20. The summed E-state index contributed by atoms with van der Waals surface area (Å²) in [6, 6.07) is 17.6. The van der Waals surface area contributed by atoms with E-state index in [4.69, 9.17) is 10.5 Å². The maximum Gasteiger partial charge on any atom is 0.243 e. The minimum absolute atomic E-state index is 0. The molecule has 24 heavy (non-hydrogen) atoms. The van der Waals surface area contributed by atoms with Crippen LogP contribution < -0.4 is 11.1 Å². The molecule has 2 rings (SSSR count). The molecule has 1 unspecified atom stereocenters. The molecular formula is C18H23ClN2O2S. The van der Waals surface area contributed by atoms with E-state index in [1.165, 1.54) is 18.2 Å². The quantitative estimate of drug-likeness (QED) is 0.751. The molecule has 1 amide bonds. The van der Waals surface area contributed by atoms with E-state index in [-0.39, 0.29) is 24.9 Å². The zero-order chi connectivity index (χ0) is 16.5. The predicted octanol–water partition coefficient (Wildman–Crippen LogP) is 3.45. The Bertz CT molecular complexity index is 625. The number of anilines is 1. The number of methoxy groups -OCH3 is 1. The fourth-order valence-electron chi connectivity index (χ4n) is 2.09. The molecule has 3 N–H and O–H groups in total. The van der Waals surface area contributed by atoms with E-state index in [9.17, 15) is 4.79 Å². The molecule has 130 valence electrons. The van der Waals surface area contributed by atoms with Crippen molar-refractivity contribution >= 4 is 35.8 Å². The number of carbonyl (C=O) groups excluding carboxylic acids is 1. The molecule has 0 fully saturated rings. The summed E-state index contributed by atoms with van der Waals surface area (Å²) in [4.78, 5) is 11.9. The number of halogens is 1. The molecule has 0 aliphatic heterocycles. The summed E-state index contributed by atoms with van der Waals surface area (Å²) in [5.74, 6) is 1.62. The van der Waals surface area contributed by atoms with Crippen LogP contribution in [0, 0.1) is 0 Å². The van der Waals surface area contributed by atoms with Gasteiger partial charge in [0.15, 0.2) is 0 Å². The number of thioether (sulfide) groups is 1. The fraction of sp³-hybridized carbons (Fsp3) is 0.278. The number of nitrogens with two attached hydrogens (primary N) is 1. The first-order valence-corrected chi connectivity index (χ1v) is 8.60. The lowest BCUT2D eigenvalue weighted by molar-refractivity contribution is -0.118. The first-order chi connectivity index (χ1) is 11.2. The van der Waals surface area contributed by atoms with Gasteiger partial charge in [0.2, 0.25) is 5.91 Å². The molecular weight excluding hydrogens is 344 g/mol. The summed E-state index contributed by atoms with van der Waals surface area (Å²) < 4.78 is 4.89. The van der Waals surface area contributed by atoms with Crippen molar-refractivity contribution in [2.75, 3.05) is 19.0 Å². The fourth-order valence-corrected chi connectivity index (χ4v) is 3.04. The monoisotopic (exact) mass is 366 g/mol. The van der Waals surface area contributed by atoms with Crippen LogP contribution in [0.3, 0.4) is 0 Å². The third kappa shape index (κ3) is 6.93. The second kappa shape index (κ2) is 11.1. The largest absolute Gasteiger partial charge is 0.383 e. The summed E-state index contributed by atoms with van der Waals surface area (Å²) in [5, 5.41) is 2.82. The second-order valence-corrected chi connectivity index (χ2v) is 6.22. The molecule has 6 heteroatoms. The minimum atomic E-state index is -0.656. The molecule has 0 heterocycles. The first kappa shape index (κ1) is 20.5. The van der Waals surface area contributed by atoms with Gasteiger partial charge < -0.3 is 15.8 Å². The number of nitrogens with one attached hydrogen (secondary N) is 1. The Morgan fingerprint density at radius 3 is 2.50 bits per heavy atom. The maximum atomic E-state index is 11.9. The summed E-state index contributed by atoms with van der Waals surface area (Å²) in [6.07, 6.45) is 0. The molecule has 0 aromatic heterocycles. The maximum absolute atomic E-state index is 11.9. The zero-order valence-corrected chi connectivity index (χ0v) is 15.2. The van der Waals surface area contributed by atoms with Gasteiger partial charge in [-0.1, -0.05) is 42.5 Å². The Kier molecular flexibility index (Phi) is 9.49. The molecule has 0 bridgehead atoms. The van der Waals surface area contributed by atoms with Crippen LogP contribution in [0.5, 0.6) is 0 Å². The van der Waals surface area contributed by atoms with Crippen LogP contribution in [0.15, 0.2) is 54.6 Å². The molecule has 0 aliphatic rings. The van der Waals surface area contributed by atoms with Gasteiger partial charge in [0, 0.05) is 24.3 Å². The molecule has 0 radical (unpaired) electrons. The van der Waals surface area contributed by atoms with Crippen molar-refractivity contribution in [3.05, 3.63) is 65.7 Å². The van der Waals surface area contributed by atoms with E-state index in [2.05, 4.69) is 35.6 Å². The zero-order valence-electron chi connectivity index (χ0n) is 13.6. The van der Waals surface area contributed by atoms with Crippen LogP contribution >= 0.6 is 24.2 Å². The number of carbonyl (C=O) groups is 1. The van der Waals surface area contributed by atoms with E-state index in [0.29, 0.717) is 0 Å². The number of hydrogen-bond donors (Lipinski definition) is 2. The Hall–Kier alpha value is -1.53. The van der Waals surface area contributed by atoms with Crippen LogP contribution in [-0.2, 0) is 21.0 Å². The Morgan fingerprint density at radius 2 is 1.79 bits per heavy atom. The number of rotatable bonds is 8. The SMILES string of the molecule is COCC(N)C(=O)Nc1cccc(CSCc2ccccc2)c1.Cl. The van der Waals surface area contributed by atoms with Gasteiger partial charge in [0.1, 0.15) is 6.04 Å². The summed E-state index contributed by atoms with van der Waals surface area (Å²) >= 11 is 1.84. The van der Waals surface area contributed by atoms with Gasteiger partial charge in [-0.3, -0.25) is 4.79 Å². The van der Waals surface area contributed by atoms with Gasteiger partial charge in [0.05, 0.1) is 6.61 Å². The number of amides is 1. The van der Waals surface area contributed by atoms with Crippen LogP contribution in [0.1, 0.15) is 11.1 Å². The summed E-state index contributed by atoms with van der Waals surface area (Å²) in [7, 11) is 1.53. The van der Waals surface area contributed by atoms with Gasteiger partial charge in [-0.05, 0) is 23.3 Å². The molecule has 0 spiro atoms. The van der Waals surface area contributed by atoms with E-state index >= 15 is 0 Å². The van der Waals surface area contributed by atoms with Gasteiger partial charge >= 0.3 is 0 Å². The van der Waals surface area contributed by atoms with Gasteiger partial charge in [-0.25, -0.2) is 0 Å². The van der Waals surface area contributed by atoms with Crippen molar-refractivity contribution in [3.63, 3.8) is 0 Å². The molecule has 0 aliphatic carbocycles. The molecule has 2 aromatic rings. The topological polar surface area (TPSA) is 64.3 Å². The molecule has 4 nitrogen and oxygen atoms in total. The van der Waals surface area contributed by atoms with Crippen molar-refractivity contribution in [1.82, 2.24) is 0 Å². The van der Waals surface area contributed by atoms with Crippen molar-refractivity contribution < 1.29 is 9.53 Å². The average Bonchev–Trinajstić information content (AvgIpc) is 2.56. The predicted molar refractivity (Wildman–Crippen MR) is 104 cm³/mol. The van der Waals surface area contributed by atoms with Crippen molar-refractivity contribution in [1.29, 1.82) is 0 Å². The highest BCUT2D eigenvalue weighted by atomic mass is 35.5. The lowest BCUT2D eigenvalue weighted by Crippen LogP contribution is -2.39. The average molecular weight is 367 g/mol. The van der Waals surface area contributed by atoms with E-state index in [0.717, 1.165) is 17.2 Å². The van der Waals surface area contributed by atoms with E-state index in [1.807, 2.05) is 36.0 Å². The highest BCUT2D eigenvalue weighted by molar-refractivity contribution is 7.97. The molecule has 2 aromatic carbocycles. The number of hydrogen-bond acceptors (Lipinski definition) is 4. The van der Waals surface area contributed by atoms with E-state index < -0.39 is 6.04 Å². The Labute approximate surface area is 153 Å². The normalized spacial score (nSPS) is 11.4.